The lowest BCUT2D eigenvalue weighted by molar-refractivity contribution is 0.881. The molecule has 2 aromatic rings. The van der Waals surface area contributed by atoms with E-state index in [1.165, 1.54) is 0 Å². The van der Waals surface area contributed by atoms with E-state index in [-0.39, 0.29) is 6.04 Å². The minimum Gasteiger partial charge on any atom is -0.376 e. The second-order valence-electron chi connectivity index (χ2n) is 4.71. The highest BCUT2D eigenvalue weighted by Crippen LogP contribution is 2.27. The SMILES string of the molecule is CC(Nc1cnccc1N(C)C)c1cccc(Cl)c1. The molecule has 0 fully saturated rings. The van der Waals surface area contributed by atoms with Crippen LogP contribution in [0.1, 0.15) is 18.5 Å². The zero-order chi connectivity index (χ0) is 13.8. The van der Waals surface area contributed by atoms with Gasteiger partial charge in [-0.05, 0) is 30.7 Å². The van der Waals surface area contributed by atoms with E-state index in [2.05, 4.69) is 28.2 Å². The molecule has 0 amide bonds. The molecule has 0 aliphatic heterocycles. The van der Waals surface area contributed by atoms with Crippen molar-refractivity contribution in [2.24, 2.45) is 0 Å². The average Bonchev–Trinajstić information content (AvgIpc) is 2.39. The predicted molar refractivity (Wildman–Crippen MR) is 82.1 cm³/mol. The van der Waals surface area contributed by atoms with Crippen LogP contribution in [-0.4, -0.2) is 19.1 Å². The van der Waals surface area contributed by atoms with Crippen LogP contribution in [0, 0.1) is 0 Å². The molecule has 1 heterocycles. The van der Waals surface area contributed by atoms with Crippen molar-refractivity contribution in [1.82, 2.24) is 4.98 Å². The lowest BCUT2D eigenvalue weighted by Crippen LogP contribution is -2.14. The Morgan fingerprint density at radius 1 is 1.26 bits per heavy atom. The zero-order valence-electron chi connectivity index (χ0n) is 11.4. The Bertz CT molecular complexity index is 555. The first-order valence-electron chi connectivity index (χ1n) is 6.21. The van der Waals surface area contributed by atoms with Crippen LogP contribution in [0.4, 0.5) is 11.4 Å². The highest BCUT2D eigenvalue weighted by molar-refractivity contribution is 6.30. The fourth-order valence-corrected chi connectivity index (χ4v) is 2.18. The first-order chi connectivity index (χ1) is 9.08. The standard InChI is InChI=1S/C15H18ClN3/c1-11(12-5-4-6-13(16)9-12)18-14-10-17-8-7-15(14)19(2)3/h4-11,18H,1-3H3. The number of benzene rings is 1. The Labute approximate surface area is 119 Å². The fourth-order valence-electron chi connectivity index (χ4n) is 1.98. The zero-order valence-corrected chi connectivity index (χ0v) is 12.1. The van der Waals surface area contributed by atoms with Crippen molar-refractivity contribution in [1.29, 1.82) is 0 Å². The summed E-state index contributed by atoms with van der Waals surface area (Å²) >= 11 is 6.03. The largest absolute Gasteiger partial charge is 0.376 e. The van der Waals surface area contributed by atoms with Gasteiger partial charge in [0.15, 0.2) is 0 Å². The Balaban J connectivity index is 2.22. The molecule has 0 saturated heterocycles. The summed E-state index contributed by atoms with van der Waals surface area (Å²) < 4.78 is 0. The molecule has 1 aromatic carbocycles. The fraction of sp³-hybridized carbons (Fsp3) is 0.267. The van der Waals surface area contributed by atoms with Crippen molar-refractivity contribution in [3.05, 3.63) is 53.3 Å². The van der Waals surface area contributed by atoms with Crippen LogP contribution in [-0.2, 0) is 0 Å². The number of halogens is 1. The van der Waals surface area contributed by atoms with Gasteiger partial charge in [-0.3, -0.25) is 4.98 Å². The van der Waals surface area contributed by atoms with Gasteiger partial charge in [0.25, 0.3) is 0 Å². The van der Waals surface area contributed by atoms with Crippen molar-refractivity contribution in [3.8, 4) is 0 Å². The van der Waals surface area contributed by atoms with Crippen LogP contribution >= 0.6 is 11.6 Å². The normalized spacial score (nSPS) is 12.0. The topological polar surface area (TPSA) is 28.2 Å². The molecule has 1 N–H and O–H groups in total. The molecule has 0 aliphatic carbocycles. The van der Waals surface area contributed by atoms with E-state index in [4.69, 9.17) is 11.6 Å². The summed E-state index contributed by atoms with van der Waals surface area (Å²) in [5.41, 5.74) is 3.28. The maximum absolute atomic E-state index is 6.03. The van der Waals surface area contributed by atoms with Gasteiger partial charge in [-0.1, -0.05) is 23.7 Å². The lowest BCUT2D eigenvalue weighted by Gasteiger charge is -2.21. The maximum atomic E-state index is 6.03. The number of rotatable bonds is 4. The Kier molecular flexibility index (Phi) is 4.27. The number of aromatic nitrogens is 1. The van der Waals surface area contributed by atoms with Crippen LogP contribution in [0.2, 0.25) is 5.02 Å². The number of pyridine rings is 1. The van der Waals surface area contributed by atoms with Crippen LogP contribution < -0.4 is 10.2 Å². The molecule has 1 atom stereocenters. The third kappa shape index (κ3) is 3.38. The van der Waals surface area contributed by atoms with Gasteiger partial charge >= 0.3 is 0 Å². The first kappa shape index (κ1) is 13.7. The molecule has 100 valence electrons. The van der Waals surface area contributed by atoms with Crippen molar-refractivity contribution in [3.63, 3.8) is 0 Å². The second kappa shape index (κ2) is 5.93. The Morgan fingerprint density at radius 3 is 2.74 bits per heavy atom. The molecule has 19 heavy (non-hydrogen) atoms. The number of nitrogens with zero attached hydrogens (tertiary/aromatic N) is 2. The summed E-state index contributed by atoms with van der Waals surface area (Å²) in [4.78, 5) is 6.24. The molecule has 4 heteroatoms. The molecule has 0 radical (unpaired) electrons. The summed E-state index contributed by atoms with van der Waals surface area (Å²) in [5.74, 6) is 0. The van der Waals surface area contributed by atoms with Gasteiger partial charge in [0.1, 0.15) is 0 Å². The van der Waals surface area contributed by atoms with Gasteiger partial charge in [-0.15, -0.1) is 0 Å². The summed E-state index contributed by atoms with van der Waals surface area (Å²) in [7, 11) is 4.04. The molecule has 0 spiro atoms. The average molecular weight is 276 g/mol. The van der Waals surface area contributed by atoms with Crippen molar-refractivity contribution in [2.45, 2.75) is 13.0 Å². The van der Waals surface area contributed by atoms with Crippen molar-refractivity contribution < 1.29 is 0 Å². The highest BCUT2D eigenvalue weighted by atomic mass is 35.5. The van der Waals surface area contributed by atoms with Crippen molar-refractivity contribution in [2.75, 3.05) is 24.3 Å². The van der Waals surface area contributed by atoms with E-state index in [0.717, 1.165) is 22.0 Å². The van der Waals surface area contributed by atoms with Gasteiger partial charge in [-0.2, -0.15) is 0 Å². The van der Waals surface area contributed by atoms with Gasteiger partial charge in [0.05, 0.1) is 17.6 Å². The summed E-state index contributed by atoms with van der Waals surface area (Å²) in [6.07, 6.45) is 3.64. The van der Waals surface area contributed by atoms with Crippen LogP contribution in [0.3, 0.4) is 0 Å². The smallest absolute Gasteiger partial charge is 0.0768 e. The summed E-state index contributed by atoms with van der Waals surface area (Å²) in [6, 6.07) is 10.0. The maximum Gasteiger partial charge on any atom is 0.0768 e. The molecule has 1 aromatic heterocycles. The van der Waals surface area contributed by atoms with Crippen LogP contribution in [0.25, 0.3) is 0 Å². The molecular formula is C15H18ClN3. The minimum absolute atomic E-state index is 0.168. The number of hydrogen-bond acceptors (Lipinski definition) is 3. The second-order valence-corrected chi connectivity index (χ2v) is 5.14. The van der Waals surface area contributed by atoms with Gasteiger partial charge < -0.3 is 10.2 Å². The van der Waals surface area contributed by atoms with E-state index in [0.29, 0.717) is 0 Å². The third-order valence-corrected chi connectivity index (χ3v) is 3.24. The van der Waals surface area contributed by atoms with Crippen molar-refractivity contribution >= 4 is 23.0 Å². The minimum atomic E-state index is 0.168. The van der Waals surface area contributed by atoms with E-state index in [1.807, 2.05) is 44.6 Å². The number of nitrogens with one attached hydrogen (secondary N) is 1. The summed E-state index contributed by atoms with van der Waals surface area (Å²) in [5, 5.41) is 4.23. The Morgan fingerprint density at radius 2 is 2.05 bits per heavy atom. The lowest BCUT2D eigenvalue weighted by atomic mass is 10.1. The predicted octanol–water partition coefficient (Wildman–Crippen LogP) is 3.97. The molecule has 0 bridgehead atoms. The van der Waals surface area contributed by atoms with Gasteiger partial charge in [0, 0.05) is 31.4 Å². The molecule has 3 nitrogen and oxygen atoms in total. The van der Waals surface area contributed by atoms with Crippen LogP contribution in [0.15, 0.2) is 42.7 Å². The van der Waals surface area contributed by atoms with Gasteiger partial charge in [0.2, 0.25) is 0 Å². The quantitative estimate of drug-likeness (QED) is 0.915. The molecule has 1 unspecified atom stereocenters. The van der Waals surface area contributed by atoms with E-state index in [1.54, 1.807) is 6.20 Å². The molecule has 0 aliphatic rings. The van der Waals surface area contributed by atoms with Crippen LogP contribution in [0.5, 0.6) is 0 Å². The van der Waals surface area contributed by atoms with E-state index < -0.39 is 0 Å². The summed E-state index contributed by atoms with van der Waals surface area (Å²) in [6.45, 7) is 2.11. The molecular weight excluding hydrogens is 258 g/mol. The Hall–Kier alpha value is -1.74. The van der Waals surface area contributed by atoms with Gasteiger partial charge in [-0.25, -0.2) is 0 Å². The number of hydrogen-bond donors (Lipinski definition) is 1. The molecule has 2 rings (SSSR count). The first-order valence-corrected chi connectivity index (χ1v) is 6.59. The van der Waals surface area contributed by atoms with E-state index in [9.17, 15) is 0 Å². The van der Waals surface area contributed by atoms with E-state index >= 15 is 0 Å². The molecule has 0 saturated carbocycles. The highest BCUT2D eigenvalue weighted by Gasteiger charge is 2.09. The third-order valence-electron chi connectivity index (χ3n) is 3.00. The monoisotopic (exact) mass is 275 g/mol. The number of anilines is 2.